The molecule has 2 rings (SSSR count). The van der Waals surface area contributed by atoms with Gasteiger partial charge in [-0.25, -0.2) is 0 Å². The van der Waals surface area contributed by atoms with Crippen LogP contribution in [-0.4, -0.2) is 5.78 Å². The van der Waals surface area contributed by atoms with Crippen molar-refractivity contribution in [2.45, 2.75) is 34.6 Å². The molecule has 0 radical (unpaired) electrons. The molecule has 2 nitrogen and oxygen atoms in total. The minimum absolute atomic E-state index is 0.0584. The fourth-order valence-electron chi connectivity index (χ4n) is 2.26. The van der Waals surface area contributed by atoms with Gasteiger partial charge in [-0.15, -0.1) is 0 Å². The van der Waals surface area contributed by atoms with E-state index in [9.17, 15) is 4.79 Å². The molecule has 0 spiro atoms. The maximum Gasteiger partial charge on any atom is 0.197 e. The van der Waals surface area contributed by atoms with Gasteiger partial charge in [-0.2, -0.15) is 0 Å². The predicted octanol–water partition coefficient (Wildman–Crippen LogP) is 4.05. The second-order valence-corrected chi connectivity index (χ2v) is 4.79. The van der Waals surface area contributed by atoms with Crippen molar-refractivity contribution in [1.29, 1.82) is 0 Å². The van der Waals surface area contributed by atoms with Crippen molar-refractivity contribution >= 4 is 5.78 Å². The molecule has 0 bridgehead atoms. The van der Waals surface area contributed by atoms with Gasteiger partial charge in [0.2, 0.25) is 0 Å². The third kappa shape index (κ3) is 1.88. The summed E-state index contributed by atoms with van der Waals surface area (Å²) in [5.74, 6) is 1.58. The molecule has 94 valence electrons. The molecule has 1 aromatic carbocycles. The van der Waals surface area contributed by atoms with Crippen molar-refractivity contribution in [3.05, 3.63) is 57.5 Å². The van der Waals surface area contributed by atoms with Crippen molar-refractivity contribution < 1.29 is 9.21 Å². The molecule has 0 amide bonds. The standard InChI is InChI=1S/C16H18O2/c1-9-7-6-8-14(10(9)2)16(17)15-11(3)12(4)18-13(15)5/h6-8H,1-5H3. The van der Waals surface area contributed by atoms with E-state index >= 15 is 0 Å². The maximum absolute atomic E-state index is 12.6. The number of aryl methyl sites for hydroxylation is 3. The van der Waals surface area contributed by atoms with Crippen LogP contribution in [0.4, 0.5) is 0 Å². The zero-order chi connectivity index (χ0) is 13.4. The Morgan fingerprint density at radius 3 is 2.17 bits per heavy atom. The maximum atomic E-state index is 12.6. The van der Waals surface area contributed by atoms with Gasteiger partial charge in [0.15, 0.2) is 5.78 Å². The first kappa shape index (κ1) is 12.6. The average Bonchev–Trinajstić information content (AvgIpc) is 2.56. The smallest absolute Gasteiger partial charge is 0.197 e. The van der Waals surface area contributed by atoms with E-state index in [0.29, 0.717) is 11.3 Å². The molecule has 2 aromatic rings. The van der Waals surface area contributed by atoms with Crippen molar-refractivity contribution in [2.24, 2.45) is 0 Å². The normalized spacial score (nSPS) is 10.7. The zero-order valence-electron chi connectivity index (χ0n) is 11.5. The lowest BCUT2D eigenvalue weighted by Gasteiger charge is -2.07. The van der Waals surface area contributed by atoms with Gasteiger partial charge in [-0.1, -0.05) is 18.2 Å². The molecule has 1 aromatic heterocycles. The molecule has 0 fully saturated rings. The lowest BCUT2D eigenvalue weighted by atomic mass is 9.94. The summed E-state index contributed by atoms with van der Waals surface area (Å²) in [6, 6.07) is 5.82. The Labute approximate surface area is 108 Å². The van der Waals surface area contributed by atoms with Crippen LogP contribution in [0.1, 0.15) is 44.1 Å². The molecule has 0 atom stereocenters. The highest BCUT2D eigenvalue weighted by molar-refractivity contribution is 6.11. The first-order valence-electron chi connectivity index (χ1n) is 6.11. The Balaban J connectivity index is 2.58. The molecular weight excluding hydrogens is 224 g/mol. The van der Waals surface area contributed by atoms with E-state index in [1.807, 2.05) is 52.8 Å². The van der Waals surface area contributed by atoms with Crippen LogP contribution in [0.5, 0.6) is 0 Å². The van der Waals surface area contributed by atoms with Crippen LogP contribution in [-0.2, 0) is 0 Å². The molecular formula is C16H18O2. The molecule has 2 heteroatoms. The lowest BCUT2D eigenvalue weighted by Crippen LogP contribution is -2.06. The van der Waals surface area contributed by atoms with Gasteiger partial charge < -0.3 is 4.42 Å². The topological polar surface area (TPSA) is 30.2 Å². The number of carbonyl (C=O) groups is 1. The van der Waals surface area contributed by atoms with Crippen LogP contribution in [0.2, 0.25) is 0 Å². The van der Waals surface area contributed by atoms with E-state index in [2.05, 4.69) is 0 Å². The highest BCUT2D eigenvalue weighted by Crippen LogP contribution is 2.25. The number of carbonyl (C=O) groups excluding carboxylic acids is 1. The van der Waals surface area contributed by atoms with E-state index in [-0.39, 0.29) is 5.78 Å². The van der Waals surface area contributed by atoms with E-state index in [4.69, 9.17) is 4.42 Å². The summed E-state index contributed by atoms with van der Waals surface area (Å²) in [6.45, 7) is 9.68. The number of benzene rings is 1. The number of hydrogen-bond donors (Lipinski definition) is 0. The van der Waals surface area contributed by atoms with Crippen LogP contribution in [0, 0.1) is 34.6 Å². The number of furan rings is 1. The summed E-state index contributed by atoms with van der Waals surface area (Å²) in [6.07, 6.45) is 0. The van der Waals surface area contributed by atoms with Gasteiger partial charge in [0.05, 0.1) is 5.56 Å². The number of ketones is 1. The number of rotatable bonds is 2. The van der Waals surface area contributed by atoms with Gasteiger partial charge >= 0.3 is 0 Å². The fourth-order valence-corrected chi connectivity index (χ4v) is 2.26. The van der Waals surface area contributed by atoms with Crippen molar-refractivity contribution in [2.75, 3.05) is 0 Å². The second-order valence-electron chi connectivity index (χ2n) is 4.79. The van der Waals surface area contributed by atoms with E-state index in [0.717, 1.165) is 28.0 Å². The minimum atomic E-state index is 0.0584. The van der Waals surface area contributed by atoms with E-state index in [1.165, 1.54) is 0 Å². The van der Waals surface area contributed by atoms with Crippen molar-refractivity contribution in [1.82, 2.24) is 0 Å². The van der Waals surface area contributed by atoms with Crippen LogP contribution in [0.15, 0.2) is 22.6 Å². The minimum Gasteiger partial charge on any atom is -0.466 e. The summed E-state index contributed by atoms with van der Waals surface area (Å²) in [5.41, 5.74) is 4.60. The highest BCUT2D eigenvalue weighted by atomic mass is 16.3. The largest absolute Gasteiger partial charge is 0.466 e. The van der Waals surface area contributed by atoms with Gasteiger partial charge in [0.1, 0.15) is 11.5 Å². The fraction of sp³-hybridized carbons (Fsp3) is 0.312. The van der Waals surface area contributed by atoms with Crippen LogP contribution >= 0.6 is 0 Å². The summed E-state index contributed by atoms with van der Waals surface area (Å²) in [7, 11) is 0. The Morgan fingerprint density at radius 1 is 0.944 bits per heavy atom. The summed E-state index contributed by atoms with van der Waals surface area (Å²) >= 11 is 0. The molecule has 0 saturated heterocycles. The molecule has 0 aliphatic heterocycles. The predicted molar refractivity (Wildman–Crippen MR) is 72.3 cm³/mol. The van der Waals surface area contributed by atoms with Gasteiger partial charge in [0, 0.05) is 11.1 Å². The van der Waals surface area contributed by atoms with Crippen LogP contribution in [0.3, 0.4) is 0 Å². The molecule has 0 N–H and O–H groups in total. The summed E-state index contributed by atoms with van der Waals surface area (Å²) < 4.78 is 5.54. The monoisotopic (exact) mass is 242 g/mol. The summed E-state index contributed by atoms with van der Waals surface area (Å²) in [5, 5.41) is 0. The summed E-state index contributed by atoms with van der Waals surface area (Å²) in [4.78, 5) is 12.6. The zero-order valence-corrected chi connectivity index (χ0v) is 11.5. The third-order valence-electron chi connectivity index (χ3n) is 3.64. The van der Waals surface area contributed by atoms with Crippen LogP contribution < -0.4 is 0 Å². The van der Waals surface area contributed by atoms with Crippen molar-refractivity contribution in [3.63, 3.8) is 0 Å². The van der Waals surface area contributed by atoms with Gasteiger partial charge in [-0.3, -0.25) is 4.79 Å². The SMILES string of the molecule is Cc1cccc(C(=O)c2c(C)oc(C)c2C)c1C. The van der Waals surface area contributed by atoms with E-state index in [1.54, 1.807) is 0 Å². The molecule has 0 unspecified atom stereocenters. The first-order valence-corrected chi connectivity index (χ1v) is 6.11. The van der Waals surface area contributed by atoms with Gasteiger partial charge in [-0.05, 0) is 45.7 Å². The molecule has 0 saturated carbocycles. The Kier molecular flexibility index (Phi) is 3.12. The quantitative estimate of drug-likeness (QED) is 0.743. The number of hydrogen-bond acceptors (Lipinski definition) is 2. The molecule has 0 aliphatic rings. The molecule has 0 aliphatic carbocycles. The Bertz CT molecular complexity index is 618. The highest BCUT2D eigenvalue weighted by Gasteiger charge is 2.21. The first-order chi connectivity index (χ1) is 8.43. The van der Waals surface area contributed by atoms with E-state index < -0.39 is 0 Å². The third-order valence-corrected chi connectivity index (χ3v) is 3.64. The van der Waals surface area contributed by atoms with Crippen LogP contribution in [0.25, 0.3) is 0 Å². The Morgan fingerprint density at radius 2 is 1.61 bits per heavy atom. The lowest BCUT2D eigenvalue weighted by molar-refractivity contribution is 0.103. The van der Waals surface area contributed by atoms with Crippen molar-refractivity contribution in [3.8, 4) is 0 Å². The Hall–Kier alpha value is -1.83. The molecule has 18 heavy (non-hydrogen) atoms. The average molecular weight is 242 g/mol. The molecule has 1 heterocycles. The van der Waals surface area contributed by atoms with Gasteiger partial charge in [0.25, 0.3) is 0 Å². The second kappa shape index (κ2) is 4.45.